The van der Waals surface area contributed by atoms with Gasteiger partial charge in [-0.25, -0.2) is 0 Å². The Bertz CT molecular complexity index is 212. The molecule has 0 aliphatic carbocycles. The van der Waals surface area contributed by atoms with Crippen LogP contribution in [0.4, 0.5) is 0 Å². The van der Waals surface area contributed by atoms with Crippen molar-refractivity contribution < 1.29 is 35.4 Å². The maximum atomic E-state index is 10.4. The van der Waals surface area contributed by atoms with E-state index in [1.54, 1.807) is 0 Å². The minimum absolute atomic E-state index is 0.850. The molecule has 0 radical (unpaired) electrons. The van der Waals surface area contributed by atoms with Crippen LogP contribution in [0.2, 0.25) is 0 Å². The van der Waals surface area contributed by atoms with E-state index >= 15 is 0 Å². The van der Waals surface area contributed by atoms with Gasteiger partial charge in [-0.2, -0.15) is 0 Å². The second-order valence-electron chi connectivity index (χ2n) is 3.07. The fourth-order valence-electron chi connectivity index (χ4n) is 0.893. The van der Waals surface area contributed by atoms with Crippen LogP contribution in [-0.4, -0.2) is 73.7 Å². The molecule has 0 fully saturated rings. The predicted octanol–water partition coefficient (Wildman–Crippen LogP) is -4.73. The van der Waals surface area contributed by atoms with Gasteiger partial charge in [0.15, 0.2) is 6.10 Å². The fourth-order valence-corrected chi connectivity index (χ4v) is 0.893. The highest BCUT2D eigenvalue weighted by atomic mass is 16.4. The van der Waals surface area contributed by atoms with Crippen LogP contribution >= 0.6 is 0 Å². The Morgan fingerprint density at radius 1 is 1.00 bits per heavy atom. The zero-order chi connectivity index (χ0) is 12.2. The molecule has 8 nitrogen and oxygen atoms in total. The highest BCUT2D eigenvalue weighted by molar-refractivity contribution is 5.79. The molecule has 0 aliphatic rings. The molecule has 0 aromatic rings. The van der Waals surface area contributed by atoms with Gasteiger partial charge < -0.3 is 36.4 Å². The molecule has 0 aromatic heterocycles. The Hall–Kier alpha value is -0.770. The number of rotatable bonds is 6. The third-order valence-electron chi connectivity index (χ3n) is 1.90. The van der Waals surface area contributed by atoms with E-state index in [4.69, 9.17) is 30.6 Å². The topological polar surface area (TPSA) is 164 Å². The summed E-state index contributed by atoms with van der Waals surface area (Å²) >= 11 is 0. The molecule has 0 unspecified atom stereocenters. The molecule has 1 amide bonds. The molecule has 0 bridgehead atoms. The van der Waals surface area contributed by atoms with Crippen molar-refractivity contribution in [1.82, 2.24) is 0 Å². The number of primary amides is 1. The van der Waals surface area contributed by atoms with Gasteiger partial charge >= 0.3 is 0 Å². The summed E-state index contributed by atoms with van der Waals surface area (Å²) in [6.07, 6.45) is -9.72. The van der Waals surface area contributed by atoms with Gasteiger partial charge in [-0.3, -0.25) is 4.79 Å². The first-order valence-corrected chi connectivity index (χ1v) is 4.13. The number of hydrogen-bond acceptors (Lipinski definition) is 7. The lowest BCUT2D eigenvalue weighted by atomic mass is 9.99. The predicted molar refractivity (Wildman–Crippen MR) is 46.3 cm³/mol. The summed E-state index contributed by atoms with van der Waals surface area (Å²) in [5.74, 6) is -1.28. The zero-order valence-corrected chi connectivity index (χ0v) is 7.76. The largest absolute Gasteiger partial charge is 0.394 e. The Kier molecular flexibility index (Phi) is 5.65. The SMILES string of the molecule is NC(=O)[C@@H](O)[C@@H](O)[C@@H](O)[C@H](O)[C@@H](O)CO. The number of nitrogens with two attached hydrogens (primary N) is 1. The molecule has 0 spiro atoms. The van der Waals surface area contributed by atoms with Crippen molar-refractivity contribution in [3.05, 3.63) is 0 Å². The molecule has 8 heteroatoms. The molecule has 0 saturated carbocycles. The monoisotopic (exact) mass is 225 g/mol. The summed E-state index contributed by atoms with van der Waals surface area (Å²) < 4.78 is 0. The summed E-state index contributed by atoms with van der Waals surface area (Å²) in [5, 5.41) is 53.6. The van der Waals surface area contributed by atoms with Gasteiger partial charge in [0.1, 0.15) is 24.4 Å². The number of amides is 1. The van der Waals surface area contributed by atoms with Crippen LogP contribution < -0.4 is 5.73 Å². The second-order valence-corrected chi connectivity index (χ2v) is 3.07. The number of aliphatic hydroxyl groups excluding tert-OH is 6. The van der Waals surface area contributed by atoms with E-state index in [0.717, 1.165) is 0 Å². The molecule has 0 aliphatic heterocycles. The van der Waals surface area contributed by atoms with Crippen molar-refractivity contribution in [1.29, 1.82) is 0 Å². The molecule has 0 heterocycles. The first-order chi connectivity index (χ1) is 6.82. The summed E-state index contributed by atoms with van der Waals surface area (Å²) in [6.45, 7) is -0.850. The highest BCUT2D eigenvalue weighted by Crippen LogP contribution is 2.08. The van der Waals surface area contributed by atoms with Gasteiger partial charge in [0.05, 0.1) is 6.61 Å². The Balaban J connectivity index is 4.42. The van der Waals surface area contributed by atoms with E-state index < -0.39 is 43.0 Å². The van der Waals surface area contributed by atoms with Crippen molar-refractivity contribution in [3.8, 4) is 0 Å². The standard InChI is InChI=1S/C7H15NO7/c8-7(15)6(14)5(13)4(12)3(11)2(10)1-9/h2-6,9-14H,1H2,(H2,8,15)/t2-,3+,4-,5-,6-/m0/s1. The molecule has 0 rings (SSSR count). The van der Waals surface area contributed by atoms with Gasteiger partial charge in [0.25, 0.3) is 0 Å². The second kappa shape index (κ2) is 5.95. The molecule has 90 valence electrons. The average Bonchev–Trinajstić information content (AvgIpc) is 2.23. The zero-order valence-electron chi connectivity index (χ0n) is 7.76. The van der Waals surface area contributed by atoms with Gasteiger partial charge in [0, 0.05) is 0 Å². The average molecular weight is 225 g/mol. The van der Waals surface area contributed by atoms with E-state index in [1.165, 1.54) is 0 Å². The maximum absolute atomic E-state index is 10.4. The van der Waals surface area contributed by atoms with Gasteiger partial charge in [-0.05, 0) is 0 Å². The Morgan fingerprint density at radius 3 is 1.80 bits per heavy atom. The lowest BCUT2D eigenvalue weighted by Gasteiger charge is -2.27. The molecular formula is C7H15NO7. The van der Waals surface area contributed by atoms with E-state index in [0.29, 0.717) is 0 Å². The van der Waals surface area contributed by atoms with Crippen LogP contribution in [-0.2, 0) is 4.79 Å². The van der Waals surface area contributed by atoms with Crippen molar-refractivity contribution in [2.45, 2.75) is 30.5 Å². The number of aliphatic hydroxyl groups is 6. The maximum Gasteiger partial charge on any atom is 0.249 e. The quantitative estimate of drug-likeness (QED) is 0.238. The van der Waals surface area contributed by atoms with Crippen LogP contribution in [0.5, 0.6) is 0 Å². The normalized spacial score (nSPS) is 21.5. The van der Waals surface area contributed by atoms with Crippen LogP contribution in [0.1, 0.15) is 0 Å². The third kappa shape index (κ3) is 3.70. The van der Waals surface area contributed by atoms with Gasteiger partial charge in [-0.1, -0.05) is 0 Å². The molecular weight excluding hydrogens is 210 g/mol. The summed E-state index contributed by atoms with van der Waals surface area (Å²) in [6, 6.07) is 0. The van der Waals surface area contributed by atoms with E-state index in [9.17, 15) is 4.79 Å². The Labute approximate surface area is 85.2 Å². The first kappa shape index (κ1) is 14.2. The van der Waals surface area contributed by atoms with Gasteiger partial charge in [0.2, 0.25) is 5.91 Å². The number of carbonyl (C=O) groups excluding carboxylic acids is 1. The van der Waals surface area contributed by atoms with Crippen molar-refractivity contribution in [2.75, 3.05) is 6.61 Å². The molecule has 8 N–H and O–H groups in total. The van der Waals surface area contributed by atoms with Gasteiger partial charge in [-0.15, -0.1) is 0 Å². The smallest absolute Gasteiger partial charge is 0.249 e. The third-order valence-corrected chi connectivity index (χ3v) is 1.90. The van der Waals surface area contributed by atoms with Crippen molar-refractivity contribution >= 4 is 5.91 Å². The van der Waals surface area contributed by atoms with Crippen molar-refractivity contribution in [3.63, 3.8) is 0 Å². The molecule has 5 atom stereocenters. The fraction of sp³-hybridized carbons (Fsp3) is 0.857. The molecule has 15 heavy (non-hydrogen) atoms. The van der Waals surface area contributed by atoms with Crippen LogP contribution in [0.3, 0.4) is 0 Å². The summed E-state index contributed by atoms with van der Waals surface area (Å²) in [4.78, 5) is 10.4. The Morgan fingerprint density at radius 2 is 1.47 bits per heavy atom. The lowest BCUT2D eigenvalue weighted by molar-refractivity contribution is -0.154. The van der Waals surface area contributed by atoms with Crippen molar-refractivity contribution in [2.24, 2.45) is 5.73 Å². The van der Waals surface area contributed by atoms with Crippen LogP contribution in [0, 0.1) is 0 Å². The van der Waals surface area contributed by atoms with Crippen LogP contribution in [0.25, 0.3) is 0 Å². The number of hydrogen-bond donors (Lipinski definition) is 7. The summed E-state index contributed by atoms with van der Waals surface area (Å²) in [5.41, 5.74) is 4.63. The number of carbonyl (C=O) groups is 1. The molecule has 0 aromatic carbocycles. The highest BCUT2D eigenvalue weighted by Gasteiger charge is 2.36. The van der Waals surface area contributed by atoms with E-state index in [-0.39, 0.29) is 0 Å². The summed E-state index contributed by atoms with van der Waals surface area (Å²) in [7, 11) is 0. The minimum Gasteiger partial charge on any atom is -0.394 e. The van der Waals surface area contributed by atoms with E-state index in [2.05, 4.69) is 5.73 Å². The first-order valence-electron chi connectivity index (χ1n) is 4.13. The lowest BCUT2D eigenvalue weighted by Crippen LogP contribution is -2.53. The van der Waals surface area contributed by atoms with E-state index in [1.807, 2.05) is 0 Å². The van der Waals surface area contributed by atoms with Crippen LogP contribution in [0.15, 0.2) is 0 Å². The molecule has 0 saturated heterocycles. The minimum atomic E-state index is -2.07.